The summed E-state index contributed by atoms with van der Waals surface area (Å²) in [7, 11) is 0. The lowest BCUT2D eigenvalue weighted by molar-refractivity contribution is 0.366. The first kappa shape index (κ1) is 20.1. The first-order valence-corrected chi connectivity index (χ1v) is 11.0. The topological polar surface area (TPSA) is 63.0 Å². The molecular formula is C22H36N4O. The van der Waals surface area contributed by atoms with Crippen LogP contribution < -0.4 is 10.6 Å². The van der Waals surface area contributed by atoms with E-state index in [9.17, 15) is 0 Å². The van der Waals surface area contributed by atoms with Gasteiger partial charge in [0.25, 0.3) is 5.89 Å². The van der Waals surface area contributed by atoms with Gasteiger partial charge in [0, 0.05) is 29.9 Å². The van der Waals surface area contributed by atoms with Crippen LogP contribution in [0.5, 0.6) is 0 Å². The Morgan fingerprint density at radius 2 is 1.70 bits per heavy atom. The van der Waals surface area contributed by atoms with Crippen molar-refractivity contribution in [3.63, 3.8) is 0 Å². The molecule has 150 valence electrons. The summed E-state index contributed by atoms with van der Waals surface area (Å²) in [6.07, 6.45) is 18.6. The van der Waals surface area contributed by atoms with Crippen LogP contribution in [0.25, 0.3) is 5.57 Å². The van der Waals surface area contributed by atoms with Crippen molar-refractivity contribution >= 4 is 5.57 Å². The van der Waals surface area contributed by atoms with Crippen LogP contribution in [-0.4, -0.2) is 28.8 Å². The molecule has 3 rings (SSSR count). The van der Waals surface area contributed by atoms with Crippen LogP contribution in [0, 0.1) is 6.92 Å². The third-order valence-corrected chi connectivity index (χ3v) is 5.71. The Kier molecular flexibility index (Phi) is 7.93. The molecule has 2 aliphatic carbocycles. The van der Waals surface area contributed by atoms with Crippen molar-refractivity contribution in [3.8, 4) is 0 Å². The van der Waals surface area contributed by atoms with Gasteiger partial charge in [-0.15, -0.1) is 0 Å². The summed E-state index contributed by atoms with van der Waals surface area (Å²) in [4.78, 5) is 4.44. The molecule has 0 amide bonds. The maximum Gasteiger partial charge on any atom is 0.257 e. The number of rotatable bonds is 8. The summed E-state index contributed by atoms with van der Waals surface area (Å²) in [5, 5.41) is 11.6. The Bertz CT molecular complexity index is 622. The smallest absolute Gasteiger partial charge is 0.257 e. The zero-order valence-electron chi connectivity index (χ0n) is 17.1. The van der Waals surface area contributed by atoms with Gasteiger partial charge < -0.3 is 15.2 Å². The molecule has 0 aromatic carbocycles. The van der Waals surface area contributed by atoms with Crippen molar-refractivity contribution in [2.75, 3.05) is 6.54 Å². The molecule has 0 bridgehead atoms. The van der Waals surface area contributed by atoms with E-state index >= 15 is 0 Å². The molecule has 2 aliphatic rings. The van der Waals surface area contributed by atoms with Crippen LogP contribution in [0.4, 0.5) is 0 Å². The second-order valence-corrected chi connectivity index (χ2v) is 8.08. The summed E-state index contributed by atoms with van der Waals surface area (Å²) in [5.74, 6) is 1.30. The minimum Gasteiger partial charge on any atom is -0.385 e. The average molecular weight is 373 g/mol. The van der Waals surface area contributed by atoms with E-state index in [2.05, 4.69) is 39.8 Å². The molecule has 1 aromatic rings. The molecule has 5 nitrogen and oxygen atoms in total. The van der Waals surface area contributed by atoms with Crippen molar-refractivity contribution < 1.29 is 4.52 Å². The number of aromatic nitrogens is 2. The summed E-state index contributed by atoms with van der Waals surface area (Å²) in [6, 6.07) is 1.24. The van der Waals surface area contributed by atoms with Gasteiger partial charge in [-0.05, 0) is 45.1 Å². The highest BCUT2D eigenvalue weighted by molar-refractivity contribution is 5.69. The summed E-state index contributed by atoms with van der Waals surface area (Å²) in [5.41, 5.74) is 2.28. The lowest BCUT2D eigenvalue weighted by Crippen LogP contribution is -2.38. The van der Waals surface area contributed by atoms with E-state index in [1.165, 1.54) is 69.9 Å². The SMILES string of the molecule is CC/C=C(\C=C(/CNC1CCCCC1)NC1CCCCC1)c1nc(C)no1. The van der Waals surface area contributed by atoms with Gasteiger partial charge in [-0.25, -0.2) is 0 Å². The normalized spacial score (nSPS) is 20.8. The number of nitrogens with one attached hydrogen (secondary N) is 2. The van der Waals surface area contributed by atoms with Crippen molar-refractivity contribution in [3.05, 3.63) is 29.6 Å². The van der Waals surface area contributed by atoms with Crippen LogP contribution in [0.2, 0.25) is 0 Å². The molecule has 27 heavy (non-hydrogen) atoms. The number of nitrogens with zero attached hydrogens (tertiary/aromatic N) is 2. The van der Waals surface area contributed by atoms with Crippen molar-refractivity contribution in [1.29, 1.82) is 0 Å². The van der Waals surface area contributed by atoms with E-state index in [0.717, 1.165) is 18.5 Å². The van der Waals surface area contributed by atoms with Gasteiger partial charge >= 0.3 is 0 Å². The first-order chi connectivity index (χ1) is 13.2. The van der Waals surface area contributed by atoms with Crippen molar-refractivity contribution in [2.24, 2.45) is 0 Å². The van der Waals surface area contributed by atoms with Crippen LogP contribution in [0.1, 0.15) is 89.3 Å². The first-order valence-electron chi connectivity index (χ1n) is 11.0. The maximum absolute atomic E-state index is 5.44. The minimum absolute atomic E-state index is 0.588. The Morgan fingerprint density at radius 1 is 1.04 bits per heavy atom. The van der Waals surface area contributed by atoms with Crippen LogP contribution in [0.3, 0.4) is 0 Å². The standard InChI is InChI=1S/C22H36N4O/c1-3-10-18(22-24-17(2)26-27-22)15-21(25-20-13-8-5-9-14-20)16-23-19-11-6-4-7-12-19/h10,15,19-20,23,25H,3-9,11-14,16H2,1-2H3/b18-10+,21-15+. The fourth-order valence-corrected chi connectivity index (χ4v) is 4.24. The molecule has 0 atom stereocenters. The van der Waals surface area contributed by atoms with Gasteiger partial charge in [-0.3, -0.25) is 0 Å². The van der Waals surface area contributed by atoms with Gasteiger partial charge in [0.2, 0.25) is 0 Å². The molecular weight excluding hydrogens is 336 g/mol. The van der Waals surface area contributed by atoms with Gasteiger partial charge in [0.1, 0.15) is 0 Å². The fraction of sp³-hybridized carbons (Fsp3) is 0.727. The predicted octanol–water partition coefficient (Wildman–Crippen LogP) is 4.90. The highest BCUT2D eigenvalue weighted by Crippen LogP contribution is 2.22. The number of allylic oxidation sites excluding steroid dienone is 3. The lowest BCUT2D eigenvalue weighted by atomic mass is 9.94. The second-order valence-electron chi connectivity index (χ2n) is 8.08. The zero-order valence-corrected chi connectivity index (χ0v) is 17.1. The van der Waals surface area contributed by atoms with Crippen LogP contribution >= 0.6 is 0 Å². The van der Waals surface area contributed by atoms with Gasteiger partial charge in [-0.1, -0.05) is 56.7 Å². The summed E-state index contributed by atoms with van der Waals surface area (Å²) >= 11 is 0. The molecule has 5 heteroatoms. The van der Waals surface area contributed by atoms with Crippen molar-refractivity contribution in [1.82, 2.24) is 20.8 Å². The summed E-state index contributed by atoms with van der Waals surface area (Å²) < 4.78 is 5.44. The van der Waals surface area contributed by atoms with E-state index in [-0.39, 0.29) is 0 Å². The molecule has 2 saturated carbocycles. The Balaban J connectivity index is 1.72. The van der Waals surface area contributed by atoms with Gasteiger partial charge in [0.05, 0.1) is 0 Å². The number of hydrogen-bond acceptors (Lipinski definition) is 5. The largest absolute Gasteiger partial charge is 0.385 e. The highest BCUT2D eigenvalue weighted by Gasteiger charge is 2.17. The Morgan fingerprint density at radius 3 is 2.30 bits per heavy atom. The number of aryl methyl sites for hydroxylation is 1. The van der Waals surface area contributed by atoms with Crippen LogP contribution in [0.15, 0.2) is 22.4 Å². The fourth-order valence-electron chi connectivity index (χ4n) is 4.24. The molecule has 0 radical (unpaired) electrons. The lowest BCUT2D eigenvalue weighted by Gasteiger charge is -2.28. The Hall–Kier alpha value is -1.62. The third-order valence-electron chi connectivity index (χ3n) is 5.71. The molecule has 0 unspecified atom stereocenters. The molecule has 2 fully saturated rings. The van der Waals surface area contributed by atoms with Gasteiger partial charge in [0.15, 0.2) is 5.82 Å². The maximum atomic E-state index is 5.44. The zero-order chi connectivity index (χ0) is 18.9. The Labute approximate surface area is 164 Å². The predicted molar refractivity (Wildman–Crippen MR) is 110 cm³/mol. The van der Waals surface area contributed by atoms with Crippen molar-refractivity contribution in [2.45, 2.75) is 96.6 Å². The molecule has 0 aliphatic heterocycles. The number of hydrogen-bond donors (Lipinski definition) is 2. The third kappa shape index (κ3) is 6.49. The van der Waals surface area contributed by atoms with E-state index in [1.807, 2.05) is 6.92 Å². The van der Waals surface area contributed by atoms with E-state index in [4.69, 9.17) is 4.52 Å². The monoisotopic (exact) mass is 372 g/mol. The van der Waals surface area contributed by atoms with E-state index < -0.39 is 0 Å². The molecule has 1 aromatic heterocycles. The van der Waals surface area contributed by atoms with E-state index in [1.54, 1.807) is 0 Å². The molecule has 0 saturated heterocycles. The van der Waals surface area contributed by atoms with Crippen LogP contribution in [-0.2, 0) is 0 Å². The molecule has 0 spiro atoms. The minimum atomic E-state index is 0.588. The molecule has 2 N–H and O–H groups in total. The van der Waals surface area contributed by atoms with Gasteiger partial charge in [-0.2, -0.15) is 4.98 Å². The van der Waals surface area contributed by atoms with E-state index in [0.29, 0.717) is 23.8 Å². The quantitative estimate of drug-likeness (QED) is 0.636. The average Bonchev–Trinajstić information content (AvgIpc) is 3.13. The second kappa shape index (κ2) is 10.6. The highest BCUT2D eigenvalue weighted by atomic mass is 16.5. The molecule has 1 heterocycles. The summed E-state index contributed by atoms with van der Waals surface area (Å²) in [6.45, 7) is 4.90.